The lowest BCUT2D eigenvalue weighted by molar-refractivity contribution is 0.472. The van der Waals surface area contributed by atoms with Crippen LogP contribution in [-0.4, -0.2) is 10.1 Å². The maximum atomic E-state index is 12.0. The lowest BCUT2D eigenvalue weighted by Crippen LogP contribution is -2.06. The average Bonchev–Trinajstić information content (AvgIpc) is 2.32. The molecule has 1 aromatic heterocycles. The number of aryl methyl sites for hydroxylation is 2. The molecule has 0 atom stereocenters. The van der Waals surface area contributed by atoms with Gasteiger partial charge in [0.05, 0.1) is 5.52 Å². The molecule has 3 nitrogen and oxygen atoms in total. The molecule has 3 heteroatoms. The number of phenolic OH excluding ortho intramolecular Hbond substituents is 1. The van der Waals surface area contributed by atoms with E-state index in [1.165, 1.54) is 0 Å². The second kappa shape index (κ2) is 3.60. The van der Waals surface area contributed by atoms with Crippen molar-refractivity contribution >= 4 is 21.7 Å². The molecule has 0 spiro atoms. The van der Waals surface area contributed by atoms with Gasteiger partial charge in [0.15, 0.2) is 0 Å². The molecule has 18 heavy (non-hydrogen) atoms. The van der Waals surface area contributed by atoms with Crippen molar-refractivity contribution in [1.29, 1.82) is 0 Å². The molecule has 0 aliphatic rings. The first-order valence-corrected chi connectivity index (χ1v) is 5.82. The first kappa shape index (κ1) is 10.8. The molecule has 0 aliphatic carbocycles. The highest BCUT2D eigenvalue weighted by atomic mass is 16.3. The van der Waals surface area contributed by atoms with Crippen LogP contribution >= 0.6 is 0 Å². The highest BCUT2D eigenvalue weighted by molar-refractivity contribution is 6.06. The number of nitrogens with one attached hydrogen (secondary N) is 1. The number of aromatic amines is 1. The minimum Gasteiger partial charge on any atom is -0.508 e. The van der Waals surface area contributed by atoms with Crippen molar-refractivity contribution in [3.63, 3.8) is 0 Å². The Morgan fingerprint density at radius 1 is 1.00 bits per heavy atom. The fraction of sp³-hybridized carbons (Fsp3) is 0.133. The van der Waals surface area contributed by atoms with E-state index in [1.54, 1.807) is 6.07 Å². The summed E-state index contributed by atoms with van der Waals surface area (Å²) in [7, 11) is 0. The number of hydrogen-bond donors (Lipinski definition) is 2. The zero-order valence-corrected chi connectivity index (χ0v) is 10.2. The minimum absolute atomic E-state index is 0.121. The van der Waals surface area contributed by atoms with E-state index in [9.17, 15) is 9.90 Å². The van der Waals surface area contributed by atoms with Crippen LogP contribution in [0.3, 0.4) is 0 Å². The third kappa shape index (κ3) is 1.48. The number of rotatable bonds is 0. The third-order valence-corrected chi connectivity index (χ3v) is 3.29. The number of H-pyrrole nitrogens is 1. The van der Waals surface area contributed by atoms with Gasteiger partial charge in [0, 0.05) is 16.8 Å². The predicted octanol–water partition coefficient (Wildman–Crippen LogP) is 3.00. The van der Waals surface area contributed by atoms with Gasteiger partial charge in [-0.3, -0.25) is 4.79 Å². The molecular formula is C15H13NO2. The Morgan fingerprint density at radius 3 is 2.56 bits per heavy atom. The average molecular weight is 239 g/mol. The van der Waals surface area contributed by atoms with Gasteiger partial charge in [0.25, 0.3) is 5.56 Å². The fourth-order valence-electron chi connectivity index (χ4n) is 2.29. The summed E-state index contributed by atoms with van der Waals surface area (Å²) >= 11 is 0. The lowest BCUT2D eigenvalue weighted by Gasteiger charge is -2.07. The van der Waals surface area contributed by atoms with Crippen molar-refractivity contribution in [2.75, 3.05) is 0 Å². The highest BCUT2D eigenvalue weighted by Crippen LogP contribution is 2.27. The van der Waals surface area contributed by atoms with Crippen molar-refractivity contribution in [2.24, 2.45) is 0 Å². The molecule has 0 aliphatic heterocycles. The summed E-state index contributed by atoms with van der Waals surface area (Å²) < 4.78 is 0. The van der Waals surface area contributed by atoms with Crippen LogP contribution in [0.15, 0.2) is 35.1 Å². The monoisotopic (exact) mass is 239 g/mol. The van der Waals surface area contributed by atoms with Gasteiger partial charge in [0.1, 0.15) is 5.75 Å². The predicted molar refractivity (Wildman–Crippen MR) is 73.2 cm³/mol. The highest BCUT2D eigenvalue weighted by Gasteiger charge is 2.07. The molecule has 2 aromatic carbocycles. The van der Waals surface area contributed by atoms with Crippen LogP contribution in [0.5, 0.6) is 5.75 Å². The molecule has 0 fully saturated rings. The van der Waals surface area contributed by atoms with E-state index in [2.05, 4.69) is 4.98 Å². The Balaban J connectivity index is 2.60. The van der Waals surface area contributed by atoms with E-state index in [0.29, 0.717) is 10.9 Å². The molecule has 2 N–H and O–H groups in total. The van der Waals surface area contributed by atoms with Crippen molar-refractivity contribution in [3.8, 4) is 5.75 Å². The van der Waals surface area contributed by atoms with E-state index in [-0.39, 0.29) is 11.3 Å². The summed E-state index contributed by atoms with van der Waals surface area (Å²) in [6, 6.07) is 9.33. The van der Waals surface area contributed by atoms with E-state index in [0.717, 1.165) is 21.9 Å². The number of aromatic nitrogens is 1. The van der Waals surface area contributed by atoms with Crippen LogP contribution in [0.4, 0.5) is 0 Å². The molecule has 0 unspecified atom stereocenters. The Bertz CT molecular complexity index is 831. The van der Waals surface area contributed by atoms with Crippen LogP contribution in [0.1, 0.15) is 11.1 Å². The van der Waals surface area contributed by atoms with E-state index in [1.807, 2.05) is 38.1 Å². The van der Waals surface area contributed by atoms with Gasteiger partial charge < -0.3 is 10.1 Å². The number of pyridine rings is 1. The number of hydrogen-bond acceptors (Lipinski definition) is 2. The summed E-state index contributed by atoms with van der Waals surface area (Å²) in [5, 5.41) is 12.3. The van der Waals surface area contributed by atoms with Gasteiger partial charge >= 0.3 is 0 Å². The smallest absolute Gasteiger partial charge is 0.256 e. The normalized spacial score (nSPS) is 11.2. The van der Waals surface area contributed by atoms with Gasteiger partial charge in [-0.15, -0.1) is 0 Å². The van der Waals surface area contributed by atoms with Crippen LogP contribution in [0, 0.1) is 13.8 Å². The molecule has 0 radical (unpaired) electrons. The Morgan fingerprint density at radius 2 is 1.78 bits per heavy atom. The number of fused-ring (bicyclic) bond motifs is 3. The summed E-state index contributed by atoms with van der Waals surface area (Å²) in [6.07, 6.45) is 0. The topological polar surface area (TPSA) is 53.1 Å². The molecule has 0 bridgehead atoms. The van der Waals surface area contributed by atoms with Crippen LogP contribution in [0.2, 0.25) is 0 Å². The second-order valence-corrected chi connectivity index (χ2v) is 4.69. The maximum absolute atomic E-state index is 12.0. The van der Waals surface area contributed by atoms with Gasteiger partial charge in [-0.2, -0.15) is 0 Å². The maximum Gasteiger partial charge on any atom is 0.256 e. The Kier molecular flexibility index (Phi) is 2.17. The summed E-state index contributed by atoms with van der Waals surface area (Å²) in [4.78, 5) is 14.8. The molecule has 0 amide bonds. The van der Waals surface area contributed by atoms with Gasteiger partial charge in [-0.25, -0.2) is 0 Å². The number of aromatic hydroxyl groups is 1. The Hall–Kier alpha value is -2.29. The molecule has 0 saturated heterocycles. The minimum atomic E-state index is -0.121. The van der Waals surface area contributed by atoms with Crippen LogP contribution < -0.4 is 5.56 Å². The largest absolute Gasteiger partial charge is 0.508 e. The quantitative estimate of drug-likeness (QED) is 0.592. The zero-order chi connectivity index (χ0) is 12.9. The Labute approximate surface area is 104 Å². The van der Waals surface area contributed by atoms with Crippen molar-refractivity contribution < 1.29 is 5.11 Å². The van der Waals surface area contributed by atoms with E-state index < -0.39 is 0 Å². The first-order chi connectivity index (χ1) is 8.56. The van der Waals surface area contributed by atoms with Crippen molar-refractivity contribution in [1.82, 2.24) is 4.98 Å². The van der Waals surface area contributed by atoms with E-state index in [4.69, 9.17) is 0 Å². The first-order valence-electron chi connectivity index (χ1n) is 5.82. The van der Waals surface area contributed by atoms with Gasteiger partial charge in [-0.05, 0) is 36.9 Å². The van der Waals surface area contributed by atoms with E-state index >= 15 is 0 Å². The van der Waals surface area contributed by atoms with Crippen molar-refractivity contribution in [2.45, 2.75) is 13.8 Å². The molecule has 0 saturated carbocycles. The summed E-state index contributed by atoms with van der Waals surface area (Å²) in [5.41, 5.74) is 2.41. The summed E-state index contributed by atoms with van der Waals surface area (Å²) in [5.74, 6) is 0.199. The van der Waals surface area contributed by atoms with Crippen LogP contribution in [-0.2, 0) is 0 Å². The molecule has 3 aromatic rings. The third-order valence-electron chi connectivity index (χ3n) is 3.29. The molecule has 1 heterocycles. The zero-order valence-electron chi connectivity index (χ0n) is 10.2. The standard InChI is InChI=1S/C15H13NO2/c1-8-3-4-10-11-6-9(2)14(17)7-13(11)16-15(18)12(10)5-8/h3-7,17H,1-2H3,(H,16,18). The lowest BCUT2D eigenvalue weighted by atomic mass is 10.0. The summed E-state index contributed by atoms with van der Waals surface area (Å²) in [6.45, 7) is 3.81. The number of benzene rings is 2. The van der Waals surface area contributed by atoms with Gasteiger partial charge in [-0.1, -0.05) is 17.7 Å². The van der Waals surface area contributed by atoms with Crippen LogP contribution in [0.25, 0.3) is 21.7 Å². The SMILES string of the molecule is Cc1ccc2c(c1)c(=O)[nH]c1cc(O)c(C)cc12. The van der Waals surface area contributed by atoms with Crippen molar-refractivity contribution in [3.05, 3.63) is 51.8 Å². The fourth-order valence-corrected chi connectivity index (χ4v) is 2.29. The molecule has 3 rings (SSSR count). The molecule has 90 valence electrons. The molecular weight excluding hydrogens is 226 g/mol. The second-order valence-electron chi connectivity index (χ2n) is 4.69. The number of phenols is 1. The van der Waals surface area contributed by atoms with Gasteiger partial charge in [0.2, 0.25) is 0 Å².